The van der Waals surface area contributed by atoms with E-state index in [2.05, 4.69) is 23.9 Å². The van der Waals surface area contributed by atoms with Crippen LogP contribution < -0.4 is 10.0 Å². The molecular formula is C14H28N2O2S. The monoisotopic (exact) mass is 288 g/mol. The molecule has 0 radical (unpaired) electrons. The first-order valence-electron chi connectivity index (χ1n) is 7.72. The van der Waals surface area contributed by atoms with Gasteiger partial charge in [-0.2, -0.15) is 0 Å². The van der Waals surface area contributed by atoms with Crippen molar-refractivity contribution in [2.45, 2.75) is 52.0 Å². The van der Waals surface area contributed by atoms with Crippen LogP contribution in [0.2, 0.25) is 0 Å². The summed E-state index contributed by atoms with van der Waals surface area (Å²) in [7, 11) is -3.11. The molecule has 2 N–H and O–H groups in total. The molecule has 112 valence electrons. The normalized spacial score (nSPS) is 33.7. The summed E-state index contributed by atoms with van der Waals surface area (Å²) in [6, 6.07) is 0.164. The summed E-state index contributed by atoms with van der Waals surface area (Å²) in [5, 5.41) is 3.28. The third-order valence-electron chi connectivity index (χ3n) is 5.00. The van der Waals surface area contributed by atoms with Gasteiger partial charge >= 0.3 is 0 Å². The second kappa shape index (κ2) is 6.55. The molecule has 2 fully saturated rings. The van der Waals surface area contributed by atoms with Gasteiger partial charge in [0.1, 0.15) is 0 Å². The van der Waals surface area contributed by atoms with Crippen LogP contribution in [-0.2, 0) is 10.0 Å². The van der Waals surface area contributed by atoms with E-state index in [1.165, 1.54) is 0 Å². The molecule has 0 spiro atoms. The summed E-state index contributed by atoms with van der Waals surface area (Å²) < 4.78 is 27.5. The molecule has 3 unspecified atom stereocenters. The Bertz CT molecular complexity index is 377. The summed E-state index contributed by atoms with van der Waals surface area (Å²) in [6.45, 7) is 6.31. The van der Waals surface area contributed by atoms with Crippen molar-refractivity contribution in [2.75, 3.05) is 18.8 Å². The number of piperidine rings is 1. The first-order valence-corrected chi connectivity index (χ1v) is 9.37. The predicted octanol–water partition coefficient (Wildman–Crippen LogP) is 1.73. The van der Waals surface area contributed by atoms with E-state index in [-0.39, 0.29) is 6.04 Å². The van der Waals surface area contributed by atoms with Crippen LogP contribution >= 0.6 is 0 Å². The smallest absolute Gasteiger partial charge is 0.212 e. The first-order chi connectivity index (χ1) is 9.02. The molecule has 1 aliphatic carbocycles. The van der Waals surface area contributed by atoms with Gasteiger partial charge in [0.25, 0.3) is 0 Å². The third kappa shape index (κ3) is 4.17. The second-order valence-electron chi connectivity index (χ2n) is 6.30. The van der Waals surface area contributed by atoms with Crippen molar-refractivity contribution < 1.29 is 8.42 Å². The molecular weight excluding hydrogens is 260 g/mol. The van der Waals surface area contributed by atoms with Crippen molar-refractivity contribution in [2.24, 2.45) is 17.8 Å². The van der Waals surface area contributed by atoms with E-state index < -0.39 is 10.0 Å². The van der Waals surface area contributed by atoms with Gasteiger partial charge in [0.15, 0.2) is 0 Å². The molecule has 1 saturated heterocycles. The maximum absolute atomic E-state index is 12.3. The standard InChI is InChI=1S/C14H28N2O2S/c1-3-13-4-5-14(11(13)2)16-19(17,18)10-12-6-8-15-9-7-12/h11-16H,3-10H2,1-2H3. The Morgan fingerprint density at radius 2 is 1.84 bits per heavy atom. The number of hydrogen-bond donors (Lipinski definition) is 2. The molecule has 4 nitrogen and oxygen atoms in total. The highest BCUT2D eigenvalue weighted by Gasteiger charge is 2.34. The quantitative estimate of drug-likeness (QED) is 0.810. The minimum Gasteiger partial charge on any atom is -0.317 e. The van der Waals surface area contributed by atoms with Gasteiger partial charge in [-0.1, -0.05) is 20.3 Å². The Morgan fingerprint density at radius 3 is 2.42 bits per heavy atom. The minimum absolute atomic E-state index is 0.164. The van der Waals surface area contributed by atoms with Crippen molar-refractivity contribution in [3.63, 3.8) is 0 Å². The molecule has 1 heterocycles. The van der Waals surface area contributed by atoms with Crippen molar-refractivity contribution in [1.82, 2.24) is 10.0 Å². The average molecular weight is 288 g/mol. The first kappa shape index (κ1) is 15.3. The Morgan fingerprint density at radius 1 is 1.16 bits per heavy atom. The lowest BCUT2D eigenvalue weighted by Crippen LogP contribution is -2.41. The summed E-state index contributed by atoms with van der Waals surface area (Å²) in [5.74, 6) is 1.81. The van der Waals surface area contributed by atoms with Gasteiger partial charge in [0.2, 0.25) is 10.0 Å². The number of hydrogen-bond acceptors (Lipinski definition) is 3. The fourth-order valence-electron chi connectivity index (χ4n) is 3.63. The SMILES string of the molecule is CCC1CCC(NS(=O)(=O)CC2CCNCC2)C1C. The van der Waals surface area contributed by atoms with Crippen LogP contribution in [0.3, 0.4) is 0 Å². The molecule has 19 heavy (non-hydrogen) atoms. The molecule has 0 aromatic carbocycles. The lowest BCUT2D eigenvalue weighted by molar-refractivity contribution is 0.365. The largest absolute Gasteiger partial charge is 0.317 e. The van der Waals surface area contributed by atoms with Gasteiger partial charge in [-0.05, 0) is 56.5 Å². The van der Waals surface area contributed by atoms with Crippen molar-refractivity contribution >= 4 is 10.0 Å². The Hall–Kier alpha value is -0.130. The van der Waals surface area contributed by atoms with E-state index in [4.69, 9.17) is 0 Å². The summed E-state index contributed by atoms with van der Waals surface area (Å²) in [6.07, 6.45) is 5.30. The zero-order valence-corrected chi connectivity index (χ0v) is 13.0. The molecule has 2 rings (SSSR count). The van der Waals surface area contributed by atoms with Gasteiger partial charge in [0, 0.05) is 6.04 Å². The van der Waals surface area contributed by atoms with Crippen molar-refractivity contribution in [3.8, 4) is 0 Å². The molecule has 1 saturated carbocycles. The Kier molecular flexibility index (Phi) is 5.26. The van der Waals surface area contributed by atoms with Crippen LogP contribution in [-0.4, -0.2) is 33.3 Å². The van der Waals surface area contributed by atoms with E-state index >= 15 is 0 Å². The van der Waals surface area contributed by atoms with Crippen molar-refractivity contribution in [1.29, 1.82) is 0 Å². The highest BCUT2D eigenvalue weighted by Crippen LogP contribution is 2.34. The highest BCUT2D eigenvalue weighted by molar-refractivity contribution is 7.89. The molecule has 0 amide bonds. The molecule has 0 bridgehead atoms. The van der Waals surface area contributed by atoms with Gasteiger partial charge < -0.3 is 5.32 Å². The van der Waals surface area contributed by atoms with E-state index in [1.54, 1.807) is 0 Å². The van der Waals surface area contributed by atoms with Crippen LogP contribution in [0.15, 0.2) is 0 Å². The molecule has 1 aliphatic heterocycles. The van der Waals surface area contributed by atoms with Crippen LogP contribution in [0.5, 0.6) is 0 Å². The maximum Gasteiger partial charge on any atom is 0.212 e. The van der Waals surface area contributed by atoms with E-state index in [9.17, 15) is 8.42 Å². The summed E-state index contributed by atoms with van der Waals surface area (Å²) in [5.41, 5.74) is 0. The zero-order chi connectivity index (χ0) is 13.9. The fourth-order valence-corrected chi connectivity index (χ4v) is 5.47. The highest BCUT2D eigenvalue weighted by atomic mass is 32.2. The van der Waals surface area contributed by atoms with E-state index in [1.807, 2.05) is 0 Å². The Labute approximate surface area is 117 Å². The second-order valence-corrected chi connectivity index (χ2v) is 8.10. The lowest BCUT2D eigenvalue weighted by Gasteiger charge is -2.25. The van der Waals surface area contributed by atoms with Gasteiger partial charge in [-0.15, -0.1) is 0 Å². The lowest BCUT2D eigenvalue weighted by atomic mass is 9.94. The maximum atomic E-state index is 12.3. The van der Waals surface area contributed by atoms with Crippen LogP contribution in [0, 0.1) is 17.8 Å². The predicted molar refractivity (Wildman–Crippen MR) is 78.5 cm³/mol. The Balaban J connectivity index is 1.86. The zero-order valence-electron chi connectivity index (χ0n) is 12.2. The molecule has 2 aliphatic rings. The number of rotatable bonds is 5. The van der Waals surface area contributed by atoms with Gasteiger partial charge in [-0.25, -0.2) is 13.1 Å². The van der Waals surface area contributed by atoms with E-state index in [0.717, 1.165) is 45.2 Å². The third-order valence-corrected chi connectivity index (χ3v) is 6.57. The fraction of sp³-hybridized carbons (Fsp3) is 1.00. The van der Waals surface area contributed by atoms with Crippen LogP contribution in [0.25, 0.3) is 0 Å². The number of nitrogens with one attached hydrogen (secondary N) is 2. The van der Waals surface area contributed by atoms with E-state index in [0.29, 0.717) is 23.5 Å². The van der Waals surface area contributed by atoms with Gasteiger partial charge in [0.05, 0.1) is 5.75 Å². The van der Waals surface area contributed by atoms with Crippen molar-refractivity contribution in [3.05, 3.63) is 0 Å². The van der Waals surface area contributed by atoms with Crippen LogP contribution in [0.1, 0.15) is 46.0 Å². The van der Waals surface area contributed by atoms with Crippen LogP contribution in [0.4, 0.5) is 0 Å². The molecule has 0 aromatic heterocycles. The minimum atomic E-state index is -3.11. The average Bonchev–Trinajstić information content (AvgIpc) is 2.70. The number of sulfonamides is 1. The molecule has 5 heteroatoms. The van der Waals surface area contributed by atoms with Gasteiger partial charge in [-0.3, -0.25) is 0 Å². The molecule has 3 atom stereocenters. The molecule has 0 aromatic rings. The topological polar surface area (TPSA) is 58.2 Å². The summed E-state index contributed by atoms with van der Waals surface area (Å²) in [4.78, 5) is 0. The summed E-state index contributed by atoms with van der Waals surface area (Å²) >= 11 is 0.